The standard InChI is InChI=1S/C14H22O3/c1-12(14(16)7-9-15)8-10-17-11-13-5-3-2-4-6-13/h2-6,12,14-16H,7-11H2,1H3/t12-,14-/m1/s1. The summed E-state index contributed by atoms with van der Waals surface area (Å²) in [5.74, 6) is 0.165. The summed E-state index contributed by atoms with van der Waals surface area (Å²) in [6.45, 7) is 3.27. The molecule has 96 valence electrons. The predicted octanol–water partition coefficient (Wildman–Crippen LogP) is 1.97. The molecule has 0 bridgehead atoms. The van der Waals surface area contributed by atoms with Gasteiger partial charge < -0.3 is 14.9 Å². The minimum absolute atomic E-state index is 0.0381. The maximum Gasteiger partial charge on any atom is 0.0716 e. The monoisotopic (exact) mass is 238 g/mol. The molecule has 0 saturated heterocycles. The quantitative estimate of drug-likeness (QED) is 0.681. The molecule has 0 fully saturated rings. The third kappa shape index (κ3) is 5.82. The summed E-state index contributed by atoms with van der Waals surface area (Å²) >= 11 is 0. The molecule has 3 heteroatoms. The van der Waals surface area contributed by atoms with E-state index in [1.54, 1.807) is 0 Å². The van der Waals surface area contributed by atoms with Crippen molar-refractivity contribution in [3.63, 3.8) is 0 Å². The van der Waals surface area contributed by atoms with E-state index in [4.69, 9.17) is 9.84 Å². The summed E-state index contributed by atoms with van der Waals surface area (Å²) in [5, 5.41) is 18.3. The molecule has 1 rings (SSSR count). The first-order valence-electron chi connectivity index (χ1n) is 6.14. The van der Waals surface area contributed by atoms with Gasteiger partial charge in [0.2, 0.25) is 0 Å². The lowest BCUT2D eigenvalue weighted by molar-refractivity contribution is 0.0524. The zero-order valence-corrected chi connectivity index (χ0v) is 10.4. The van der Waals surface area contributed by atoms with Crippen molar-refractivity contribution < 1.29 is 14.9 Å². The average molecular weight is 238 g/mol. The molecule has 0 unspecified atom stereocenters. The molecule has 0 aliphatic carbocycles. The first-order chi connectivity index (χ1) is 8.24. The van der Waals surface area contributed by atoms with E-state index in [2.05, 4.69) is 0 Å². The number of aliphatic hydroxyl groups is 2. The van der Waals surface area contributed by atoms with E-state index in [9.17, 15) is 5.11 Å². The van der Waals surface area contributed by atoms with Gasteiger partial charge in [0.1, 0.15) is 0 Å². The smallest absolute Gasteiger partial charge is 0.0716 e. The van der Waals surface area contributed by atoms with E-state index in [1.807, 2.05) is 37.3 Å². The third-order valence-corrected chi connectivity index (χ3v) is 2.91. The van der Waals surface area contributed by atoms with Gasteiger partial charge >= 0.3 is 0 Å². The maximum absolute atomic E-state index is 9.62. The molecule has 0 aliphatic heterocycles. The highest BCUT2D eigenvalue weighted by Crippen LogP contribution is 2.11. The molecule has 0 spiro atoms. The Hall–Kier alpha value is -0.900. The Morgan fingerprint density at radius 2 is 1.88 bits per heavy atom. The first kappa shape index (κ1) is 14.2. The fraction of sp³-hybridized carbons (Fsp3) is 0.571. The molecule has 0 aliphatic rings. The van der Waals surface area contributed by atoms with E-state index >= 15 is 0 Å². The Kier molecular flexibility index (Phi) is 6.86. The van der Waals surface area contributed by atoms with Crippen LogP contribution in [0.25, 0.3) is 0 Å². The molecule has 0 amide bonds. The van der Waals surface area contributed by atoms with Gasteiger partial charge in [0.15, 0.2) is 0 Å². The van der Waals surface area contributed by atoms with Gasteiger partial charge in [0, 0.05) is 13.2 Å². The minimum Gasteiger partial charge on any atom is -0.396 e. The van der Waals surface area contributed by atoms with Crippen LogP contribution in [0.15, 0.2) is 30.3 Å². The second kappa shape index (κ2) is 8.23. The van der Waals surface area contributed by atoms with Gasteiger partial charge in [0.05, 0.1) is 12.7 Å². The van der Waals surface area contributed by atoms with Crippen molar-refractivity contribution in [1.29, 1.82) is 0 Å². The van der Waals surface area contributed by atoms with Crippen LogP contribution in [0.1, 0.15) is 25.3 Å². The van der Waals surface area contributed by atoms with Crippen LogP contribution in [0.2, 0.25) is 0 Å². The average Bonchev–Trinajstić information content (AvgIpc) is 2.36. The number of benzene rings is 1. The molecule has 17 heavy (non-hydrogen) atoms. The molecule has 0 saturated carbocycles. The van der Waals surface area contributed by atoms with Crippen LogP contribution < -0.4 is 0 Å². The molecule has 0 heterocycles. The summed E-state index contributed by atoms with van der Waals surface area (Å²) in [6, 6.07) is 10.0. The molecule has 1 aromatic rings. The highest BCUT2D eigenvalue weighted by molar-refractivity contribution is 5.13. The van der Waals surface area contributed by atoms with Crippen LogP contribution >= 0.6 is 0 Å². The molecule has 0 radical (unpaired) electrons. The molecule has 2 atom stereocenters. The zero-order chi connectivity index (χ0) is 12.5. The van der Waals surface area contributed by atoms with E-state index in [0.29, 0.717) is 19.6 Å². The van der Waals surface area contributed by atoms with Crippen LogP contribution in [0.3, 0.4) is 0 Å². The van der Waals surface area contributed by atoms with Crippen LogP contribution in [0.5, 0.6) is 0 Å². The second-order valence-corrected chi connectivity index (χ2v) is 4.38. The van der Waals surface area contributed by atoms with Gasteiger partial charge in [-0.25, -0.2) is 0 Å². The fourth-order valence-electron chi connectivity index (χ4n) is 1.64. The topological polar surface area (TPSA) is 49.7 Å². The Bertz CT molecular complexity index is 287. The molecular weight excluding hydrogens is 216 g/mol. The van der Waals surface area contributed by atoms with Gasteiger partial charge in [-0.3, -0.25) is 0 Å². The van der Waals surface area contributed by atoms with E-state index < -0.39 is 6.10 Å². The van der Waals surface area contributed by atoms with Gasteiger partial charge in [-0.15, -0.1) is 0 Å². The molecule has 0 aromatic heterocycles. The maximum atomic E-state index is 9.62. The van der Waals surface area contributed by atoms with Crippen molar-refractivity contribution in [2.75, 3.05) is 13.2 Å². The molecule has 3 nitrogen and oxygen atoms in total. The second-order valence-electron chi connectivity index (χ2n) is 4.38. The number of ether oxygens (including phenoxy) is 1. The first-order valence-corrected chi connectivity index (χ1v) is 6.14. The van der Waals surface area contributed by atoms with Crippen molar-refractivity contribution >= 4 is 0 Å². The van der Waals surface area contributed by atoms with E-state index in [1.165, 1.54) is 0 Å². The number of hydrogen-bond donors (Lipinski definition) is 2. The zero-order valence-electron chi connectivity index (χ0n) is 10.4. The SMILES string of the molecule is C[C@H](CCOCc1ccccc1)[C@H](O)CCO. The Balaban J connectivity index is 2.12. The van der Waals surface area contributed by atoms with Gasteiger partial charge in [0.25, 0.3) is 0 Å². The normalized spacial score (nSPS) is 14.5. The number of hydrogen-bond acceptors (Lipinski definition) is 3. The van der Waals surface area contributed by atoms with Crippen molar-refractivity contribution in [3.8, 4) is 0 Å². The van der Waals surface area contributed by atoms with Crippen molar-refractivity contribution in [1.82, 2.24) is 0 Å². The van der Waals surface area contributed by atoms with E-state index in [-0.39, 0.29) is 12.5 Å². The van der Waals surface area contributed by atoms with Crippen LogP contribution in [-0.4, -0.2) is 29.5 Å². The van der Waals surface area contributed by atoms with Gasteiger partial charge in [-0.2, -0.15) is 0 Å². The highest BCUT2D eigenvalue weighted by atomic mass is 16.5. The van der Waals surface area contributed by atoms with Crippen LogP contribution in [0, 0.1) is 5.92 Å². The Labute approximate surface area is 103 Å². The molecule has 1 aromatic carbocycles. The lowest BCUT2D eigenvalue weighted by atomic mass is 9.99. The van der Waals surface area contributed by atoms with E-state index in [0.717, 1.165) is 12.0 Å². The van der Waals surface area contributed by atoms with Gasteiger partial charge in [-0.05, 0) is 24.3 Å². The summed E-state index contributed by atoms with van der Waals surface area (Å²) in [4.78, 5) is 0. The third-order valence-electron chi connectivity index (χ3n) is 2.91. The minimum atomic E-state index is -0.430. The highest BCUT2D eigenvalue weighted by Gasteiger charge is 2.12. The molecular formula is C14H22O3. The van der Waals surface area contributed by atoms with Gasteiger partial charge in [-0.1, -0.05) is 37.3 Å². The lowest BCUT2D eigenvalue weighted by Gasteiger charge is -2.17. The lowest BCUT2D eigenvalue weighted by Crippen LogP contribution is -2.20. The van der Waals surface area contributed by atoms with Crippen molar-refractivity contribution in [3.05, 3.63) is 35.9 Å². The van der Waals surface area contributed by atoms with Crippen LogP contribution in [-0.2, 0) is 11.3 Å². The summed E-state index contributed by atoms with van der Waals surface area (Å²) in [6.07, 6.45) is 0.828. The number of rotatable bonds is 8. The van der Waals surface area contributed by atoms with Crippen LogP contribution in [0.4, 0.5) is 0 Å². The summed E-state index contributed by atoms with van der Waals surface area (Å²) < 4.78 is 5.55. The van der Waals surface area contributed by atoms with Crippen molar-refractivity contribution in [2.45, 2.75) is 32.5 Å². The Morgan fingerprint density at radius 3 is 2.53 bits per heavy atom. The fourth-order valence-corrected chi connectivity index (χ4v) is 1.64. The number of aliphatic hydroxyl groups excluding tert-OH is 2. The largest absolute Gasteiger partial charge is 0.396 e. The summed E-state index contributed by atoms with van der Waals surface area (Å²) in [7, 11) is 0. The predicted molar refractivity (Wildman–Crippen MR) is 67.6 cm³/mol. The Morgan fingerprint density at radius 1 is 1.18 bits per heavy atom. The summed E-state index contributed by atoms with van der Waals surface area (Å²) in [5.41, 5.74) is 1.16. The molecule has 2 N–H and O–H groups in total. The van der Waals surface area contributed by atoms with Crippen molar-refractivity contribution in [2.24, 2.45) is 5.92 Å².